The van der Waals surface area contributed by atoms with Crippen LogP contribution >= 0.6 is 15.9 Å². The molecule has 0 radical (unpaired) electrons. The summed E-state index contributed by atoms with van der Waals surface area (Å²) >= 11 is 3.62. The van der Waals surface area contributed by atoms with Gasteiger partial charge in [0.1, 0.15) is 13.2 Å². The van der Waals surface area contributed by atoms with Crippen LogP contribution in [-0.2, 0) is 0 Å². The Morgan fingerprint density at radius 1 is 1.35 bits per heavy atom. The van der Waals surface area contributed by atoms with Crippen LogP contribution in [0.5, 0.6) is 11.5 Å². The third-order valence-corrected chi connectivity index (χ3v) is 4.79. The molecule has 0 amide bonds. The first kappa shape index (κ1) is 14.2. The molecule has 0 aromatic heterocycles. The number of nitrogens with zero attached hydrogens (tertiary/aromatic N) is 1. The highest BCUT2D eigenvalue weighted by Crippen LogP contribution is 2.44. The molecule has 0 aliphatic carbocycles. The Labute approximate surface area is 128 Å². The zero-order valence-corrected chi connectivity index (χ0v) is 13.6. The molecule has 0 spiro atoms. The molecule has 2 atom stereocenters. The van der Waals surface area contributed by atoms with E-state index < -0.39 is 0 Å². The Hall–Kier alpha value is -0.780. The fourth-order valence-corrected chi connectivity index (χ4v) is 3.90. The zero-order valence-electron chi connectivity index (χ0n) is 12.0. The first-order valence-electron chi connectivity index (χ1n) is 7.14. The van der Waals surface area contributed by atoms with Crippen LogP contribution in [0.4, 0.5) is 0 Å². The Balaban J connectivity index is 1.94. The van der Waals surface area contributed by atoms with E-state index in [1.165, 1.54) is 12.0 Å². The van der Waals surface area contributed by atoms with Gasteiger partial charge in [0.05, 0.1) is 4.47 Å². The van der Waals surface area contributed by atoms with Gasteiger partial charge in [-0.15, -0.1) is 0 Å². The molecule has 2 heterocycles. The second-order valence-corrected chi connectivity index (χ2v) is 6.41. The van der Waals surface area contributed by atoms with Gasteiger partial charge in [-0.1, -0.05) is 0 Å². The summed E-state index contributed by atoms with van der Waals surface area (Å²) in [6, 6.07) is 4.77. The second-order valence-electron chi connectivity index (χ2n) is 5.56. The third kappa shape index (κ3) is 2.54. The highest BCUT2D eigenvalue weighted by atomic mass is 79.9. The van der Waals surface area contributed by atoms with Crippen LogP contribution in [0.25, 0.3) is 0 Å². The van der Waals surface area contributed by atoms with E-state index in [-0.39, 0.29) is 0 Å². The SMILES string of the molecule is CNCC1CCN(C)C1c1cc(Br)c2c(c1)OCCO2. The zero-order chi connectivity index (χ0) is 14.1. The number of nitrogens with one attached hydrogen (secondary N) is 1. The van der Waals surface area contributed by atoms with Crippen molar-refractivity contribution in [2.24, 2.45) is 5.92 Å². The van der Waals surface area contributed by atoms with Gasteiger partial charge in [0, 0.05) is 6.04 Å². The largest absolute Gasteiger partial charge is 0.486 e. The summed E-state index contributed by atoms with van der Waals surface area (Å²) < 4.78 is 12.4. The highest BCUT2D eigenvalue weighted by molar-refractivity contribution is 9.10. The van der Waals surface area contributed by atoms with E-state index in [1.807, 2.05) is 7.05 Å². The standard InChI is InChI=1S/C15H21BrN2O2/c1-17-9-10-3-4-18(2)14(10)11-7-12(16)15-13(8-11)19-5-6-20-15/h7-8,10,14,17H,3-6,9H2,1-2H3. The van der Waals surface area contributed by atoms with Gasteiger partial charge >= 0.3 is 0 Å². The summed E-state index contributed by atoms with van der Waals surface area (Å²) in [5.74, 6) is 2.34. The van der Waals surface area contributed by atoms with Crippen molar-refractivity contribution in [2.75, 3.05) is 40.4 Å². The quantitative estimate of drug-likeness (QED) is 0.916. The van der Waals surface area contributed by atoms with Crippen molar-refractivity contribution in [3.05, 3.63) is 22.2 Å². The van der Waals surface area contributed by atoms with E-state index in [2.05, 4.69) is 45.3 Å². The first-order valence-corrected chi connectivity index (χ1v) is 7.94. The second kappa shape index (κ2) is 5.92. The van der Waals surface area contributed by atoms with Gasteiger partial charge < -0.3 is 14.8 Å². The van der Waals surface area contributed by atoms with Crippen LogP contribution in [0, 0.1) is 5.92 Å². The minimum Gasteiger partial charge on any atom is -0.486 e. The molecule has 1 N–H and O–H groups in total. The number of rotatable bonds is 3. The first-order chi connectivity index (χ1) is 9.70. The molecule has 110 valence electrons. The average molecular weight is 341 g/mol. The lowest BCUT2D eigenvalue weighted by molar-refractivity contribution is 0.169. The molecule has 1 fully saturated rings. The van der Waals surface area contributed by atoms with E-state index >= 15 is 0 Å². The summed E-state index contributed by atoms with van der Waals surface area (Å²) in [6.45, 7) is 3.43. The van der Waals surface area contributed by atoms with Crippen LogP contribution in [0.3, 0.4) is 0 Å². The summed E-state index contributed by atoms with van der Waals surface area (Å²) in [4.78, 5) is 2.43. The van der Waals surface area contributed by atoms with Gasteiger partial charge in [-0.25, -0.2) is 0 Å². The van der Waals surface area contributed by atoms with Crippen LogP contribution in [0.2, 0.25) is 0 Å². The molecule has 4 nitrogen and oxygen atoms in total. The van der Waals surface area contributed by atoms with E-state index in [9.17, 15) is 0 Å². The monoisotopic (exact) mass is 340 g/mol. The third-order valence-electron chi connectivity index (χ3n) is 4.20. The molecule has 0 saturated carbocycles. The Morgan fingerprint density at radius 3 is 2.95 bits per heavy atom. The van der Waals surface area contributed by atoms with Gasteiger partial charge in [0.25, 0.3) is 0 Å². The molecule has 0 bridgehead atoms. The normalized spacial score (nSPS) is 25.9. The van der Waals surface area contributed by atoms with Crippen molar-refractivity contribution < 1.29 is 9.47 Å². The van der Waals surface area contributed by atoms with Gasteiger partial charge in [-0.05, 0) is 73.1 Å². The van der Waals surface area contributed by atoms with Crippen LogP contribution < -0.4 is 14.8 Å². The van der Waals surface area contributed by atoms with Crippen molar-refractivity contribution in [3.8, 4) is 11.5 Å². The van der Waals surface area contributed by atoms with E-state index in [0.29, 0.717) is 25.2 Å². The van der Waals surface area contributed by atoms with E-state index in [4.69, 9.17) is 9.47 Å². The number of hydrogen-bond acceptors (Lipinski definition) is 4. The van der Waals surface area contributed by atoms with Crippen molar-refractivity contribution in [1.82, 2.24) is 10.2 Å². The summed E-state index contributed by atoms with van der Waals surface area (Å²) in [7, 11) is 4.22. The van der Waals surface area contributed by atoms with Gasteiger partial charge in [-0.2, -0.15) is 0 Å². The Morgan fingerprint density at radius 2 is 2.15 bits per heavy atom. The number of hydrogen-bond donors (Lipinski definition) is 1. The maximum Gasteiger partial charge on any atom is 0.175 e. The lowest BCUT2D eigenvalue weighted by Crippen LogP contribution is -2.27. The van der Waals surface area contributed by atoms with Gasteiger partial charge in [0.15, 0.2) is 11.5 Å². The number of fused-ring (bicyclic) bond motifs is 1. The van der Waals surface area contributed by atoms with E-state index in [0.717, 1.165) is 29.1 Å². The predicted molar refractivity (Wildman–Crippen MR) is 82.5 cm³/mol. The molecule has 1 saturated heterocycles. The average Bonchev–Trinajstić information content (AvgIpc) is 2.80. The smallest absolute Gasteiger partial charge is 0.175 e. The number of likely N-dealkylation sites (tertiary alicyclic amines) is 1. The Bertz CT molecular complexity index is 493. The van der Waals surface area contributed by atoms with Crippen molar-refractivity contribution in [2.45, 2.75) is 12.5 Å². The minimum absolute atomic E-state index is 0.439. The molecule has 5 heteroatoms. The lowest BCUT2D eigenvalue weighted by Gasteiger charge is -2.28. The summed E-state index contributed by atoms with van der Waals surface area (Å²) in [5.41, 5.74) is 1.31. The van der Waals surface area contributed by atoms with Gasteiger partial charge in [0.2, 0.25) is 0 Å². The van der Waals surface area contributed by atoms with Crippen molar-refractivity contribution >= 4 is 15.9 Å². The van der Waals surface area contributed by atoms with Crippen LogP contribution in [0.1, 0.15) is 18.0 Å². The fraction of sp³-hybridized carbons (Fsp3) is 0.600. The molecule has 2 aliphatic rings. The topological polar surface area (TPSA) is 33.7 Å². The molecule has 20 heavy (non-hydrogen) atoms. The van der Waals surface area contributed by atoms with Gasteiger partial charge in [-0.3, -0.25) is 4.90 Å². The molecule has 1 aromatic carbocycles. The minimum atomic E-state index is 0.439. The van der Waals surface area contributed by atoms with Crippen molar-refractivity contribution in [3.63, 3.8) is 0 Å². The van der Waals surface area contributed by atoms with Crippen LogP contribution in [0.15, 0.2) is 16.6 Å². The number of halogens is 1. The predicted octanol–water partition coefficient (Wildman–Crippen LogP) is 2.43. The van der Waals surface area contributed by atoms with Crippen molar-refractivity contribution in [1.29, 1.82) is 0 Å². The molecule has 2 unspecified atom stereocenters. The number of ether oxygens (including phenoxy) is 2. The lowest BCUT2D eigenvalue weighted by atomic mass is 9.93. The molecular formula is C15H21BrN2O2. The maximum absolute atomic E-state index is 5.75. The summed E-state index contributed by atoms with van der Waals surface area (Å²) in [6.07, 6.45) is 1.23. The van der Waals surface area contributed by atoms with E-state index in [1.54, 1.807) is 0 Å². The molecular weight excluding hydrogens is 320 g/mol. The molecule has 3 rings (SSSR count). The maximum atomic E-state index is 5.75. The molecule has 1 aromatic rings. The van der Waals surface area contributed by atoms with Crippen LogP contribution in [-0.4, -0.2) is 45.3 Å². The number of benzene rings is 1. The Kier molecular flexibility index (Phi) is 4.19. The highest BCUT2D eigenvalue weighted by Gasteiger charge is 2.33. The summed E-state index contributed by atoms with van der Waals surface area (Å²) in [5, 5.41) is 3.31. The fourth-order valence-electron chi connectivity index (χ4n) is 3.33. The molecule has 2 aliphatic heterocycles.